The normalized spacial score (nSPS) is 11.4. The Morgan fingerprint density at radius 3 is 1.89 bits per heavy atom. The lowest BCUT2D eigenvalue weighted by molar-refractivity contribution is -0.119. The molecule has 2 nitrogen and oxygen atoms in total. The summed E-state index contributed by atoms with van der Waals surface area (Å²) < 4.78 is 0. The molecule has 3 heteroatoms. The first-order valence-electron chi connectivity index (χ1n) is 5.84. The molecule has 0 aliphatic rings. The number of benzene rings is 1. The highest BCUT2D eigenvalue weighted by molar-refractivity contribution is 8.16. The first kappa shape index (κ1) is 14.8. The lowest BCUT2D eigenvalue weighted by Gasteiger charge is -2.19. The monoisotopic (exact) mass is 264 g/mol. The molecule has 98 valence electrons. The first-order valence-corrected chi connectivity index (χ1v) is 7.88. The van der Waals surface area contributed by atoms with Crippen LogP contribution in [0.1, 0.15) is 31.1 Å². The van der Waals surface area contributed by atoms with Gasteiger partial charge in [0.15, 0.2) is 5.78 Å². The summed E-state index contributed by atoms with van der Waals surface area (Å²) in [6.07, 6.45) is 3.83. The second-order valence-electron chi connectivity index (χ2n) is 5.42. The van der Waals surface area contributed by atoms with Crippen LogP contribution in [0.15, 0.2) is 30.3 Å². The highest BCUT2D eigenvalue weighted by Crippen LogP contribution is 2.21. The number of hydrogen-bond acceptors (Lipinski definition) is 2. The SMILES string of the molecule is CS(C)=C(C(=O)c1ccccc1)C(=O)C(C)(C)C. The molecule has 1 rings (SSSR count). The maximum absolute atomic E-state index is 12.4. The van der Waals surface area contributed by atoms with Gasteiger partial charge >= 0.3 is 0 Å². The van der Waals surface area contributed by atoms with Gasteiger partial charge in [-0.2, -0.15) is 10.5 Å². The van der Waals surface area contributed by atoms with Gasteiger partial charge in [-0.05, 0) is 12.5 Å². The van der Waals surface area contributed by atoms with E-state index in [9.17, 15) is 9.59 Å². The Labute approximate surface area is 111 Å². The van der Waals surface area contributed by atoms with Crippen molar-refractivity contribution in [3.63, 3.8) is 0 Å². The molecule has 1 aromatic carbocycles. The molecule has 1 aromatic rings. The zero-order valence-corrected chi connectivity index (χ0v) is 12.4. The molecule has 0 fully saturated rings. The summed E-state index contributed by atoms with van der Waals surface area (Å²) in [5, 5.41) is 0. The molecule has 0 radical (unpaired) electrons. The molecule has 0 bridgehead atoms. The number of Topliss-reactive ketones (excluding diaryl/α,β-unsaturated/α-hetero) is 2. The summed E-state index contributed by atoms with van der Waals surface area (Å²) in [6.45, 7) is 5.54. The van der Waals surface area contributed by atoms with E-state index in [4.69, 9.17) is 0 Å². The fourth-order valence-electron chi connectivity index (χ4n) is 1.54. The average Bonchev–Trinajstić information content (AvgIpc) is 2.28. The lowest BCUT2D eigenvalue weighted by Crippen LogP contribution is -2.34. The quantitative estimate of drug-likeness (QED) is 0.477. The lowest BCUT2D eigenvalue weighted by atomic mass is 9.87. The van der Waals surface area contributed by atoms with Crippen molar-refractivity contribution >= 4 is 26.9 Å². The summed E-state index contributed by atoms with van der Waals surface area (Å²) in [7, 11) is -0.343. The average molecular weight is 264 g/mol. The molecule has 0 aliphatic carbocycles. The molecular weight excluding hydrogens is 244 g/mol. The van der Waals surface area contributed by atoms with E-state index in [-0.39, 0.29) is 22.1 Å². The molecule has 0 spiro atoms. The van der Waals surface area contributed by atoms with Gasteiger partial charge in [-0.3, -0.25) is 9.59 Å². The van der Waals surface area contributed by atoms with Crippen LogP contribution in [-0.4, -0.2) is 28.9 Å². The van der Waals surface area contributed by atoms with Gasteiger partial charge in [0, 0.05) is 11.0 Å². The topological polar surface area (TPSA) is 34.1 Å². The second kappa shape index (κ2) is 5.61. The molecule has 0 unspecified atom stereocenters. The van der Waals surface area contributed by atoms with Crippen molar-refractivity contribution in [3.05, 3.63) is 35.9 Å². The van der Waals surface area contributed by atoms with Crippen LogP contribution >= 0.6 is 10.5 Å². The van der Waals surface area contributed by atoms with Crippen LogP contribution in [-0.2, 0) is 4.79 Å². The number of rotatable bonds is 3. The van der Waals surface area contributed by atoms with Crippen LogP contribution in [0.2, 0.25) is 0 Å². The Hall–Kier alpha value is -1.22. The van der Waals surface area contributed by atoms with Crippen molar-refractivity contribution in [2.45, 2.75) is 20.8 Å². The summed E-state index contributed by atoms with van der Waals surface area (Å²) in [5.41, 5.74) is 0.0723. The minimum atomic E-state index is -0.517. The summed E-state index contributed by atoms with van der Waals surface area (Å²) in [5.74, 6) is -0.187. The molecule has 0 saturated carbocycles. The van der Waals surface area contributed by atoms with E-state index in [0.717, 1.165) is 0 Å². The molecular formula is C15H20O2S. The van der Waals surface area contributed by atoms with E-state index in [1.165, 1.54) is 0 Å². The van der Waals surface area contributed by atoms with Gasteiger partial charge in [0.05, 0.1) is 4.86 Å². The van der Waals surface area contributed by atoms with Gasteiger partial charge in [-0.25, -0.2) is 0 Å². The minimum Gasteiger partial charge on any atom is -0.293 e. The standard InChI is InChI=1S/C15H20O2S/c1-15(2,3)14(17)13(18(4)5)12(16)11-9-7-6-8-10-11/h6-10H,1-5H3. The largest absolute Gasteiger partial charge is 0.293 e. The maximum atomic E-state index is 12.4. The van der Waals surface area contributed by atoms with Crippen LogP contribution < -0.4 is 0 Å². The fraction of sp³-hybridized carbons (Fsp3) is 0.400. The second-order valence-corrected chi connectivity index (χ2v) is 7.46. The van der Waals surface area contributed by atoms with Crippen LogP contribution in [0, 0.1) is 5.41 Å². The van der Waals surface area contributed by atoms with E-state index >= 15 is 0 Å². The molecule has 0 aliphatic heterocycles. The van der Waals surface area contributed by atoms with E-state index in [2.05, 4.69) is 0 Å². The van der Waals surface area contributed by atoms with E-state index in [1.54, 1.807) is 12.1 Å². The fourth-order valence-corrected chi connectivity index (χ4v) is 2.70. The van der Waals surface area contributed by atoms with E-state index < -0.39 is 5.41 Å². The molecule has 0 saturated heterocycles. The third-order valence-electron chi connectivity index (χ3n) is 2.54. The van der Waals surface area contributed by atoms with Crippen LogP contribution in [0.4, 0.5) is 0 Å². The number of carbonyl (C=O) groups is 2. The van der Waals surface area contributed by atoms with Crippen molar-refractivity contribution in [2.75, 3.05) is 12.5 Å². The van der Waals surface area contributed by atoms with Gasteiger partial charge in [0.25, 0.3) is 0 Å². The molecule has 0 aromatic heterocycles. The molecule has 18 heavy (non-hydrogen) atoms. The first-order chi connectivity index (χ1) is 8.25. The zero-order valence-electron chi connectivity index (χ0n) is 11.6. The number of carbonyl (C=O) groups excluding carboxylic acids is 2. The van der Waals surface area contributed by atoms with Gasteiger partial charge in [-0.15, -0.1) is 0 Å². The number of ketones is 2. The van der Waals surface area contributed by atoms with Gasteiger partial charge in [-0.1, -0.05) is 51.1 Å². The highest BCUT2D eigenvalue weighted by atomic mass is 32.2. The predicted octanol–water partition coefficient (Wildman–Crippen LogP) is 3.19. The van der Waals surface area contributed by atoms with Gasteiger partial charge in [0.1, 0.15) is 0 Å². The molecule has 0 atom stereocenters. The predicted molar refractivity (Wildman–Crippen MR) is 79.7 cm³/mol. The zero-order chi connectivity index (χ0) is 13.9. The van der Waals surface area contributed by atoms with Crippen molar-refractivity contribution in [1.29, 1.82) is 0 Å². The van der Waals surface area contributed by atoms with Gasteiger partial charge < -0.3 is 0 Å². The van der Waals surface area contributed by atoms with Crippen molar-refractivity contribution in [1.82, 2.24) is 0 Å². The minimum absolute atomic E-state index is 0.0512. The smallest absolute Gasteiger partial charge is 0.202 e. The molecule has 0 heterocycles. The summed E-state index contributed by atoms with van der Waals surface area (Å²) in [4.78, 5) is 25.2. The van der Waals surface area contributed by atoms with Gasteiger partial charge in [0.2, 0.25) is 5.78 Å². The summed E-state index contributed by atoms with van der Waals surface area (Å²) in [6, 6.07) is 9.00. The van der Waals surface area contributed by atoms with Crippen molar-refractivity contribution < 1.29 is 9.59 Å². The Morgan fingerprint density at radius 1 is 1.00 bits per heavy atom. The highest BCUT2D eigenvalue weighted by Gasteiger charge is 2.30. The third-order valence-corrected chi connectivity index (χ3v) is 3.73. The van der Waals surface area contributed by atoms with E-state index in [1.807, 2.05) is 51.5 Å². The van der Waals surface area contributed by atoms with Crippen LogP contribution in [0.3, 0.4) is 0 Å². The number of hydrogen-bond donors (Lipinski definition) is 0. The molecule has 0 N–H and O–H groups in total. The Bertz CT molecular complexity index is 489. The molecule has 0 amide bonds. The van der Waals surface area contributed by atoms with Crippen LogP contribution in [0.25, 0.3) is 0 Å². The summed E-state index contributed by atoms with van der Waals surface area (Å²) >= 11 is 0. The van der Waals surface area contributed by atoms with Crippen molar-refractivity contribution in [3.8, 4) is 0 Å². The van der Waals surface area contributed by atoms with Crippen LogP contribution in [0.5, 0.6) is 0 Å². The maximum Gasteiger partial charge on any atom is 0.202 e. The third kappa shape index (κ3) is 3.39. The van der Waals surface area contributed by atoms with E-state index in [0.29, 0.717) is 10.4 Å². The Balaban J connectivity index is 3.23. The Kier molecular flexibility index (Phi) is 4.63. The Morgan fingerprint density at radius 2 is 1.50 bits per heavy atom. The van der Waals surface area contributed by atoms with Crippen molar-refractivity contribution in [2.24, 2.45) is 5.41 Å².